The van der Waals surface area contributed by atoms with Gasteiger partial charge in [0.15, 0.2) is 11.5 Å². The van der Waals surface area contributed by atoms with Crippen molar-refractivity contribution in [2.45, 2.75) is 38.1 Å². The highest BCUT2D eigenvalue weighted by Gasteiger charge is 2.33. The number of hydrogen-bond acceptors (Lipinski definition) is 7. The number of carbonyl (C=O) groups excluding carboxylic acids is 1. The molecule has 182 valence electrons. The second-order valence-electron chi connectivity index (χ2n) is 9.02. The van der Waals surface area contributed by atoms with Gasteiger partial charge in [-0.15, -0.1) is 0 Å². The third-order valence-corrected chi connectivity index (χ3v) is 6.24. The van der Waals surface area contributed by atoms with Crippen LogP contribution in [0.3, 0.4) is 0 Å². The third kappa shape index (κ3) is 5.89. The molecule has 8 nitrogen and oxygen atoms in total. The van der Waals surface area contributed by atoms with Gasteiger partial charge in [0, 0.05) is 57.6 Å². The Bertz CT molecular complexity index is 1130. The molecular weight excluding hydrogens is 444 g/mol. The van der Waals surface area contributed by atoms with E-state index in [0.29, 0.717) is 24.6 Å². The number of para-hydroxylation sites is 2. The van der Waals surface area contributed by atoms with Crippen LogP contribution in [-0.4, -0.2) is 64.6 Å². The van der Waals surface area contributed by atoms with Crippen LogP contribution in [0.2, 0.25) is 0 Å². The van der Waals surface area contributed by atoms with E-state index in [4.69, 9.17) is 14.2 Å². The smallest absolute Gasteiger partial charge is 0.267 e. The monoisotopic (exact) mass is 474 g/mol. The molecule has 35 heavy (non-hydrogen) atoms. The van der Waals surface area contributed by atoms with Crippen LogP contribution in [0, 0.1) is 0 Å². The molecule has 3 heterocycles. The Labute approximate surface area is 205 Å². The molecule has 1 aromatic heterocycles. The van der Waals surface area contributed by atoms with E-state index in [1.807, 2.05) is 41.3 Å². The van der Waals surface area contributed by atoms with E-state index in [9.17, 15) is 4.79 Å². The maximum Gasteiger partial charge on any atom is 0.267 e. The minimum Gasteiger partial charge on any atom is -0.490 e. The molecule has 0 aliphatic carbocycles. The maximum atomic E-state index is 13.0. The average molecular weight is 475 g/mol. The Morgan fingerprint density at radius 3 is 2.71 bits per heavy atom. The van der Waals surface area contributed by atoms with Gasteiger partial charge < -0.3 is 19.1 Å². The van der Waals surface area contributed by atoms with Crippen LogP contribution in [0.15, 0.2) is 67.1 Å². The summed E-state index contributed by atoms with van der Waals surface area (Å²) in [6, 6.07) is 15.7. The van der Waals surface area contributed by atoms with Gasteiger partial charge in [0.2, 0.25) is 6.10 Å². The van der Waals surface area contributed by atoms with Gasteiger partial charge in [0.05, 0.1) is 5.69 Å². The lowest BCUT2D eigenvalue weighted by Crippen LogP contribution is -2.50. The van der Waals surface area contributed by atoms with Crippen molar-refractivity contribution in [2.24, 2.45) is 0 Å². The summed E-state index contributed by atoms with van der Waals surface area (Å²) < 4.78 is 17.9. The molecule has 0 radical (unpaired) electrons. The van der Waals surface area contributed by atoms with Crippen molar-refractivity contribution >= 4 is 5.91 Å². The number of piperidine rings is 1. The zero-order valence-corrected chi connectivity index (χ0v) is 19.9. The molecule has 1 unspecified atom stereocenters. The summed E-state index contributed by atoms with van der Waals surface area (Å²) >= 11 is 0. The molecule has 1 atom stereocenters. The number of likely N-dealkylation sites (tertiary alicyclic amines) is 1. The SMILES string of the molecule is CN(Cc1cccc(OC2CCN(C(=O)C3COc4ccccc4O3)CC2)c1)Cc1cnccn1. The molecule has 0 N–H and O–H groups in total. The van der Waals surface area contributed by atoms with Crippen molar-refractivity contribution in [1.29, 1.82) is 0 Å². The Balaban J connectivity index is 1.10. The average Bonchev–Trinajstić information content (AvgIpc) is 2.89. The van der Waals surface area contributed by atoms with Crippen molar-refractivity contribution in [3.63, 3.8) is 0 Å². The summed E-state index contributed by atoms with van der Waals surface area (Å²) in [5.41, 5.74) is 2.12. The quantitative estimate of drug-likeness (QED) is 0.520. The molecule has 2 aromatic carbocycles. The Morgan fingerprint density at radius 2 is 1.91 bits per heavy atom. The Morgan fingerprint density at radius 1 is 1.09 bits per heavy atom. The second kappa shape index (κ2) is 10.7. The summed E-state index contributed by atoms with van der Waals surface area (Å²) in [5.74, 6) is 2.15. The van der Waals surface area contributed by atoms with Crippen LogP contribution in [0.25, 0.3) is 0 Å². The van der Waals surface area contributed by atoms with Crippen LogP contribution in [0.1, 0.15) is 24.1 Å². The normalized spacial score (nSPS) is 17.9. The van der Waals surface area contributed by atoms with E-state index < -0.39 is 6.10 Å². The number of rotatable bonds is 7. The number of fused-ring (bicyclic) bond motifs is 1. The lowest BCUT2D eigenvalue weighted by Gasteiger charge is -2.35. The third-order valence-electron chi connectivity index (χ3n) is 6.24. The van der Waals surface area contributed by atoms with E-state index >= 15 is 0 Å². The van der Waals surface area contributed by atoms with Crippen LogP contribution < -0.4 is 14.2 Å². The molecule has 5 rings (SSSR count). The summed E-state index contributed by atoms with van der Waals surface area (Å²) in [5, 5.41) is 0. The Kier molecular flexibility index (Phi) is 7.09. The summed E-state index contributed by atoms with van der Waals surface area (Å²) in [4.78, 5) is 25.5. The van der Waals surface area contributed by atoms with Crippen molar-refractivity contribution in [1.82, 2.24) is 19.8 Å². The van der Waals surface area contributed by atoms with Crippen LogP contribution in [0.5, 0.6) is 17.2 Å². The topological polar surface area (TPSA) is 77.0 Å². The first kappa shape index (κ1) is 23.1. The summed E-state index contributed by atoms with van der Waals surface area (Å²) in [6.07, 6.45) is 6.24. The van der Waals surface area contributed by atoms with Crippen molar-refractivity contribution in [2.75, 3.05) is 26.7 Å². The minimum atomic E-state index is -0.599. The van der Waals surface area contributed by atoms with Gasteiger partial charge in [0.1, 0.15) is 18.5 Å². The highest BCUT2D eigenvalue weighted by molar-refractivity contribution is 5.82. The first-order valence-corrected chi connectivity index (χ1v) is 12.0. The highest BCUT2D eigenvalue weighted by atomic mass is 16.6. The molecule has 0 saturated carbocycles. The molecule has 0 spiro atoms. The number of carbonyl (C=O) groups is 1. The lowest BCUT2D eigenvalue weighted by atomic mass is 10.1. The molecule has 0 bridgehead atoms. The molecule has 1 saturated heterocycles. The van der Waals surface area contributed by atoms with Crippen molar-refractivity contribution in [3.05, 3.63) is 78.4 Å². The first-order chi connectivity index (χ1) is 17.1. The van der Waals surface area contributed by atoms with Gasteiger partial charge in [-0.3, -0.25) is 19.7 Å². The van der Waals surface area contributed by atoms with Gasteiger partial charge in [-0.2, -0.15) is 0 Å². The lowest BCUT2D eigenvalue weighted by molar-refractivity contribution is -0.143. The van der Waals surface area contributed by atoms with E-state index in [2.05, 4.69) is 34.0 Å². The van der Waals surface area contributed by atoms with E-state index in [1.54, 1.807) is 18.6 Å². The van der Waals surface area contributed by atoms with E-state index in [1.165, 1.54) is 5.56 Å². The number of nitrogens with zero attached hydrogens (tertiary/aromatic N) is 4. The van der Waals surface area contributed by atoms with Crippen LogP contribution in [0.4, 0.5) is 0 Å². The number of hydrogen-bond donors (Lipinski definition) is 0. The van der Waals surface area contributed by atoms with Crippen molar-refractivity contribution in [3.8, 4) is 17.2 Å². The van der Waals surface area contributed by atoms with Gasteiger partial charge in [-0.25, -0.2) is 0 Å². The number of amides is 1. The first-order valence-electron chi connectivity index (χ1n) is 12.0. The molecule has 2 aliphatic heterocycles. The zero-order chi connectivity index (χ0) is 24.0. The van der Waals surface area contributed by atoms with Gasteiger partial charge >= 0.3 is 0 Å². The van der Waals surface area contributed by atoms with E-state index in [0.717, 1.165) is 37.4 Å². The number of ether oxygens (including phenoxy) is 3. The molecule has 1 fully saturated rings. The maximum absolute atomic E-state index is 13.0. The number of benzene rings is 2. The molecule has 1 amide bonds. The number of aromatic nitrogens is 2. The molecule has 2 aliphatic rings. The summed E-state index contributed by atoms with van der Waals surface area (Å²) in [7, 11) is 2.06. The van der Waals surface area contributed by atoms with Crippen LogP contribution >= 0.6 is 0 Å². The minimum absolute atomic E-state index is 0.0221. The zero-order valence-electron chi connectivity index (χ0n) is 19.9. The van der Waals surface area contributed by atoms with Gasteiger partial charge in [-0.1, -0.05) is 24.3 Å². The highest BCUT2D eigenvalue weighted by Crippen LogP contribution is 2.31. The molecular formula is C27H30N4O4. The van der Waals surface area contributed by atoms with Crippen molar-refractivity contribution < 1.29 is 19.0 Å². The second-order valence-corrected chi connectivity index (χ2v) is 9.02. The molecule has 8 heteroatoms. The van der Waals surface area contributed by atoms with Gasteiger partial charge in [-0.05, 0) is 36.9 Å². The fourth-order valence-electron chi connectivity index (χ4n) is 4.50. The van der Waals surface area contributed by atoms with E-state index in [-0.39, 0.29) is 18.6 Å². The fourth-order valence-corrected chi connectivity index (χ4v) is 4.50. The predicted octanol–water partition coefficient (Wildman–Crippen LogP) is 3.32. The Hall–Kier alpha value is -3.65. The summed E-state index contributed by atoms with van der Waals surface area (Å²) in [6.45, 7) is 3.04. The van der Waals surface area contributed by atoms with Gasteiger partial charge in [0.25, 0.3) is 5.91 Å². The largest absolute Gasteiger partial charge is 0.490 e. The fraction of sp³-hybridized carbons (Fsp3) is 0.370. The predicted molar refractivity (Wildman–Crippen MR) is 130 cm³/mol. The standard InChI is InChI=1S/C27H30N4O4/c1-30(18-21-16-28-11-12-29-21)17-20-5-4-6-23(15-20)34-22-9-13-31(14-10-22)27(32)26-19-33-24-7-2-3-8-25(24)35-26/h2-8,11-12,15-16,22,26H,9-10,13-14,17-19H2,1H3. The molecule has 3 aromatic rings. The van der Waals surface area contributed by atoms with Crippen LogP contribution in [-0.2, 0) is 17.9 Å².